The molecular formula is C16H28N5O13P3. The number of nitrogens with two attached hydrogens (primary N) is 1. The van der Waals surface area contributed by atoms with Crippen molar-refractivity contribution >= 4 is 40.6 Å². The number of aliphatic hydroxyl groups excluding tert-OH is 1. The molecule has 0 amide bonds. The van der Waals surface area contributed by atoms with Gasteiger partial charge in [0.1, 0.15) is 6.10 Å². The Kier molecular flexibility index (Phi) is 9.49. The number of nitrogens with zero attached hydrogens (tertiary/aromatic N) is 3. The van der Waals surface area contributed by atoms with Crippen LogP contribution >= 0.6 is 23.5 Å². The maximum absolute atomic E-state index is 12.9. The molecule has 3 rings (SSSR count). The van der Waals surface area contributed by atoms with E-state index in [1.165, 1.54) is 10.9 Å². The highest BCUT2D eigenvalue weighted by molar-refractivity contribution is 7.67. The number of hydrogen-bond donors (Lipinski definition) is 4. The molecule has 0 aromatic carbocycles. The molecule has 5 N–H and O–H groups in total. The van der Waals surface area contributed by atoms with Crippen molar-refractivity contribution in [2.75, 3.05) is 33.7 Å². The molecule has 18 nitrogen and oxygen atoms in total. The van der Waals surface area contributed by atoms with Gasteiger partial charge >= 0.3 is 23.5 Å². The highest BCUT2D eigenvalue weighted by Crippen LogP contribution is 2.71. The predicted molar refractivity (Wildman–Crippen MR) is 125 cm³/mol. The van der Waals surface area contributed by atoms with Gasteiger partial charge in [0.05, 0.1) is 31.7 Å². The molecule has 2 aromatic heterocycles. The standard InChI is InChI=1S/C16H28N5O13P3/c1-5-9-11(7-31-36(26,29-3)34-37(27,30-4)33-35(24,25)28-2)32-10(13(9)22)6-21-8-18-12-14(21)19-16(17)20-15(12)23/h8-11,13,22H,5-7H2,1-4H3,(H,24,25)(H3,17,19,20,23)/t9-,10+,11-,13-,36?,37?/m1/s1. The highest BCUT2D eigenvalue weighted by Gasteiger charge is 2.47. The van der Waals surface area contributed by atoms with Gasteiger partial charge in [-0.15, -0.1) is 0 Å². The van der Waals surface area contributed by atoms with Crippen molar-refractivity contribution < 1.29 is 55.1 Å². The summed E-state index contributed by atoms with van der Waals surface area (Å²) in [5.74, 6) is -0.622. The SMILES string of the molecule is CC[C@H]1[C@@H](O)[C@H](Cn2cnc3c(=O)[nH]c(N)nc32)O[C@@H]1COP(=O)(OC)OP(=O)(OC)OP(=O)(O)OC. The number of phosphoric acid groups is 3. The van der Waals surface area contributed by atoms with Crippen LogP contribution in [0, 0.1) is 5.92 Å². The number of rotatable bonds is 13. The van der Waals surface area contributed by atoms with E-state index < -0.39 is 59.9 Å². The summed E-state index contributed by atoms with van der Waals surface area (Å²) < 4.78 is 72.1. The fourth-order valence-corrected chi connectivity index (χ4v) is 7.72. The number of H-pyrrole nitrogens is 1. The molecule has 1 aliphatic rings. The Hall–Kier alpha value is -1.52. The minimum absolute atomic E-state index is 0.0362. The number of imidazole rings is 1. The van der Waals surface area contributed by atoms with Crippen molar-refractivity contribution in [2.24, 2.45) is 5.92 Å². The maximum atomic E-state index is 12.9. The molecule has 1 aliphatic heterocycles. The fraction of sp³-hybridized carbons (Fsp3) is 0.688. The summed E-state index contributed by atoms with van der Waals surface area (Å²) >= 11 is 0. The number of nitrogen functional groups attached to an aromatic ring is 1. The van der Waals surface area contributed by atoms with Gasteiger partial charge in [-0.25, -0.2) is 18.7 Å². The van der Waals surface area contributed by atoms with Crippen LogP contribution in [-0.4, -0.2) is 75.8 Å². The van der Waals surface area contributed by atoms with Crippen molar-refractivity contribution in [1.82, 2.24) is 19.5 Å². The fourth-order valence-electron chi connectivity index (χ4n) is 3.66. The molecule has 2 aromatic rings. The van der Waals surface area contributed by atoms with Crippen LogP contribution in [0.4, 0.5) is 5.95 Å². The van der Waals surface area contributed by atoms with Gasteiger partial charge in [0, 0.05) is 27.2 Å². The first-order valence-corrected chi connectivity index (χ1v) is 15.0. The van der Waals surface area contributed by atoms with E-state index in [-0.39, 0.29) is 23.7 Å². The Labute approximate surface area is 210 Å². The van der Waals surface area contributed by atoms with Crippen LogP contribution in [0.3, 0.4) is 0 Å². The molecule has 210 valence electrons. The molecule has 3 heterocycles. The molecule has 0 saturated carbocycles. The van der Waals surface area contributed by atoms with Crippen LogP contribution < -0.4 is 11.3 Å². The van der Waals surface area contributed by atoms with Crippen molar-refractivity contribution in [3.05, 3.63) is 16.7 Å². The number of aromatic nitrogens is 4. The molecule has 21 heteroatoms. The minimum atomic E-state index is -4.95. The summed E-state index contributed by atoms with van der Waals surface area (Å²) in [5.41, 5.74) is 5.33. The second kappa shape index (κ2) is 11.7. The summed E-state index contributed by atoms with van der Waals surface area (Å²) in [6.07, 6.45) is -0.924. The van der Waals surface area contributed by atoms with Crippen LogP contribution in [0.2, 0.25) is 0 Å². The van der Waals surface area contributed by atoms with Crippen LogP contribution in [0.25, 0.3) is 11.2 Å². The number of ether oxygens (including phenoxy) is 1. The van der Waals surface area contributed by atoms with Gasteiger partial charge in [0.2, 0.25) is 5.95 Å². The van der Waals surface area contributed by atoms with E-state index in [1.807, 2.05) is 0 Å². The van der Waals surface area contributed by atoms with Crippen molar-refractivity contribution in [2.45, 2.75) is 38.2 Å². The van der Waals surface area contributed by atoms with E-state index in [2.05, 4.69) is 28.3 Å². The van der Waals surface area contributed by atoms with Gasteiger partial charge in [-0.2, -0.15) is 13.6 Å². The first kappa shape index (κ1) is 30.0. The minimum Gasteiger partial charge on any atom is -0.390 e. The summed E-state index contributed by atoms with van der Waals surface area (Å²) in [6.45, 7) is 1.34. The topological polar surface area (TPSA) is 246 Å². The molecule has 0 bridgehead atoms. The molecule has 1 fully saturated rings. The van der Waals surface area contributed by atoms with E-state index in [9.17, 15) is 28.5 Å². The number of anilines is 1. The lowest BCUT2D eigenvalue weighted by Gasteiger charge is -2.24. The summed E-state index contributed by atoms with van der Waals surface area (Å²) in [7, 11) is -12.0. The van der Waals surface area contributed by atoms with Crippen molar-refractivity contribution in [3.63, 3.8) is 0 Å². The first-order valence-electron chi connectivity index (χ1n) is 10.6. The normalized spacial score (nSPS) is 27.1. The number of hydrogen-bond acceptors (Lipinski definition) is 15. The largest absolute Gasteiger partial charge is 0.492 e. The van der Waals surface area contributed by atoms with Gasteiger partial charge in [0.25, 0.3) is 5.56 Å². The van der Waals surface area contributed by atoms with Gasteiger partial charge < -0.3 is 25.0 Å². The zero-order valence-corrected chi connectivity index (χ0v) is 22.8. The van der Waals surface area contributed by atoms with E-state index in [0.29, 0.717) is 6.42 Å². The van der Waals surface area contributed by atoms with Gasteiger partial charge in [-0.05, 0) is 6.42 Å². The highest BCUT2D eigenvalue weighted by atomic mass is 31.3. The van der Waals surface area contributed by atoms with Crippen molar-refractivity contribution in [3.8, 4) is 0 Å². The molecule has 37 heavy (non-hydrogen) atoms. The maximum Gasteiger partial charge on any atom is 0.492 e. The number of fused-ring (bicyclic) bond motifs is 1. The molecule has 0 radical (unpaired) electrons. The smallest absolute Gasteiger partial charge is 0.390 e. The van der Waals surface area contributed by atoms with Crippen LogP contribution in [0.15, 0.2) is 11.1 Å². The third kappa shape index (κ3) is 6.92. The number of aromatic amines is 1. The molecule has 7 atom stereocenters. The Morgan fingerprint density at radius 3 is 2.41 bits per heavy atom. The Bertz CT molecular complexity index is 1300. The average molecular weight is 591 g/mol. The monoisotopic (exact) mass is 591 g/mol. The summed E-state index contributed by atoms with van der Waals surface area (Å²) in [4.78, 5) is 31.8. The summed E-state index contributed by atoms with van der Waals surface area (Å²) in [6, 6.07) is 0. The van der Waals surface area contributed by atoms with Gasteiger partial charge in [-0.3, -0.25) is 27.9 Å². The predicted octanol–water partition coefficient (Wildman–Crippen LogP) is 1.16. The molecule has 0 aliphatic carbocycles. The van der Waals surface area contributed by atoms with Crippen LogP contribution in [-0.2, 0) is 51.7 Å². The zero-order chi connectivity index (χ0) is 27.6. The number of aliphatic hydroxyl groups is 1. The Morgan fingerprint density at radius 1 is 1.14 bits per heavy atom. The van der Waals surface area contributed by atoms with Crippen LogP contribution in [0.1, 0.15) is 13.3 Å². The van der Waals surface area contributed by atoms with E-state index in [1.54, 1.807) is 6.92 Å². The number of nitrogens with one attached hydrogen (secondary N) is 1. The van der Waals surface area contributed by atoms with E-state index in [4.69, 9.17) is 23.8 Å². The molecule has 1 saturated heterocycles. The quantitative estimate of drug-likeness (QED) is 0.239. The Morgan fingerprint density at radius 2 is 1.81 bits per heavy atom. The zero-order valence-electron chi connectivity index (χ0n) is 20.2. The molecule has 0 spiro atoms. The third-order valence-corrected chi connectivity index (χ3v) is 10.5. The second-order valence-electron chi connectivity index (χ2n) is 7.67. The summed E-state index contributed by atoms with van der Waals surface area (Å²) in [5, 5.41) is 10.8. The molecular weight excluding hydrogens is 563 g/mol. The van der Waals surface area contributed by atoms with Gasteiger partial charge in [-0.1, -0.05) is 6.92 Å². The molecule has 3 unspecified atom stereocenters. The lowest BCUT2D eigenvalue weighted by molar-refractivity contribution is -0.0193. The first-order chi connectivity index (χ1) is 17.3. The van der Waals surface area contributed by atoms with Crippen LogP contribution in [0.5, 0.6) is 0 Å². The third-order valence-electron chi connectivity index (χ3n) is 5.47. The second-order valence-corrected chi connectivity index (χ2v) is 13.1. The lowest BCUT2D eigenvalue weighted by atomic mass is 9.94. The van der Waals surface area contributed by atoms with E-state index in [0.717, 1.165) is 21.3 Å². The lowest BCUT2D eigenvalue weighted by Crippen LogP contribution is -2.30. The van der Waals surface area contributed by atoms with Crippen molar-refractivity contribution in [1.29, 1.82) is 0 Å². The Balaban J connectivity index is 1.73. The number of phosphoric ester groups is 2. The van der Waals surface area contributed by atoms with Gasteiger partial charge in [0.15, 0.2) is 11.2 Å². The van der Waals surface area contributed by atoms with E-state index >= 15 is 0 Å². The average Bonchev–Trinajstić information content (AvgIpc) is 3.38.